The molecule has 1 fully saturated rings. The summed E-state index contributed by atoms with van der Waals surface area (Å²) in [5, 5.41) is 15.5. The van der Waals surface area contributed by atoms with Crippen LogP contribution in [-0.2, 0) is 6.42 Å². The van der Waals surface area contributed by atoms with E-state index in [0.717, 1.165) is 29.3 Å². The molecule has 1 unspecified atom stereocenters. The van der Waals surface area contributed by atoms with Crippen LogP contribution in [0.1, 0.15) is 18.4 Å². The van der Waals surface area contributed by atoms with Crippen LogP contribution < -0.4 is 5.32 Å². The number of hydrogen-bond donors (Lipinski definition) is 2. The smallest absolute Gasteiger partial charge is 0.0931 e. The summed E-state index contributed by atoms with van der Waals surface area (Å²) in [6.07, 6.45) is 2.64. The van der Waals surface area contributed by atoms with Gasteiger partial charge in [0.15, 0.2) is 0 Å². The van der Waals surface area contributed by atoms with Gasteiger partial charge in [-0.25, -0.2) is 0 Å². The third-order valence-corrected chi connectivity index (χ3v) is 3.74. The van der Waals surface area contributed by atoms with Gasteiger partial charge in [-0.1, -0.05) is 11.6 Å². The van der Waals surface area contributed by atoms with Gasteiger partial charge in [-0.05, 0) is 36.4 Å². The van der Waals surface area contributed by atoms with Crippen molar-refractivity contribution < 1.29 is 5.11 Å². The molecule has 14 heavy (non-hydrogen) atoms. The first-order valence-corrected chi connectivity index (χ1v) is 6.10. The number of thiophene rings is 1. The molecule has 1 aromatic rings. The van der Waals surface area contributed by atoms with Gasteiger partial charge in [0.2, 0.25) is 0 Å². The molecule has 0 saturated carbocycles. The Morgan fingerprint density at radius 3 is 3.07 bits per heavy atom. The van der Waals surface area contributed by atoms with Crippen molar-refractivity contribution in [3.63, 3.8) is 0 Å². The summed E-state index contributed by atoms with van der Waals surface area (Å²) in [5.41, 5.74) is 0.578. The predicted molar refractivity (Wildman–Crippen MR) is 60.1 cm³/mol. The van der Waals surface area contributed by atoms with Crippen molar-refractivity contribution in [2.45, 2.75) is 24.9 Å². The molecule has 0 aliphatic carbocycles. The zero-order valence-electron chi connectivity index (χ0n) is 7.92. The summed E-state index contributed by atoms with van der Waals surface area (Å²) in [6.45, 7) is 1.72. The van der Waals surface area contributed by atoms with Crippen LogP contribution in [0.2, 0.25) is 4.34 Å². The first kappa shape index (κ1) is 10.4. The fourth-order valence-corrected chi connectivity index (χ4v) is 2.83. The molecule has 1 atom stereocenters. The number of piperidine rings is 1. The normalized spacial score (nSPS) is 27.9. The molecule has 1 aromatic heterocycles. The molecule has 0 aromatic carbocycles. The van der Waals surface area contributed by atoms with Crippen molar-refractivity contribution in [3.8, 4) is 0 Å². The average molecular weight is 232 g/mol. The van der Waals surface area contributed by atoms with Gasteiger partial charge in [0, 0.05) is 13.0 Å². The average Bonchev–Trinajstić information content (AvgIpc) is 2.51. The molecular weight excluding hydrogens is 218 g/mol. The van der Waals surface area contributed by atoms with Gasteiger partial charge in [0.25, 0.3) is 0 Å². The summed E-state index contributed by atoms with van der Waals surface area (Å²) in [4.78, 5) is 0. The van der Waals surface area contributed by atoms with E-state index in [1.165, 1.54) is 11.3 Å². The van der Waals surface area contributed by atoms with Crippen LogP contribution in [0, 0.1) is 0 Å². The molecule has 1 aliphatic heterocycles. The lowest BCUT2D eigenvalue weighted by Gasteiger charge is -2.32. The molecule has 4 heteroatoms. The van der Waals surface area contributed by atoms with E-state index in [1.807, 2.05) is 11.4 Å². The maximum absolute atomic E-state index is 10.2. The first-order chi connectivity index (χ1) is 6.68. The molecular formula is C10H14ClNOS. The Labute approximate surface area is 92.9 Å². The Balaban J connectivity index is 2.01. The van der Waals surface area contributed by atoms with E-state index < -0.39 is 5.60 Å². The van der Waals surface area contributed by atoms with Crippen LogP contribution in [0.4, 0.5) is 0 Å². The van der Waals surface area contributed by atoms with Gasteiger partial charge < -0.3 is 10.4 Å². The minimum Gasteiger partial charge on any atom is -0.388 e. The van der Waals surface area contributed by atoms with Gasteiger partial charge in [0.1, 0.15) is 0 Å². The minimum atomic E-state index is -0.567. The number of β-amino-alcohol motifs (C(OH)–C–C–N with tert-alkyl or cyclic N) is 1. The van der Waals surface area contributed by atoms with Crippen LogP contribution in [0.15, 0.2) is 11.4 Å². The largest absolute Gasteiger partial charge is 0.388 e. The SMILES string of the molecule is OC1(Cc2csc(Cl)c2)CCCNC1. The Morgan fingerprint density at radius 1 is 1.64 bits per heavy atom. The number of nitrogens with one attached hydrogen (secondary N) is 1. The Kier molecular flexibility index (Phi) is 3.12. The predicted octanol–water partition coefficient (Wildman–Crippen LogP) is 2.06. The Bertz CT molecular complexity index is 307. The molecule has 2 rings (SSSR count). The van der Waals surface area contributed by atoms with E-state index in [2.05, 4.69) is 5.32 Å². The van der Waals surface area contributed by atoms with E-state index in [9.17, 15) is 5.11 Å². The summed E-state index contributed by atoms with van der Waals surface area (Å²) in [5.74, 6) is 0. The lowest BCUT2D eigenvalue weighted by molar-refractivity contribution is 0.0170. The third kappa shape index (κ3) is 2.48. The zero-order valence-corrected chi connectivity index (χ0v) is 9.50. The highest BCUT2D eigenvalue weighted by molar-refractivity contribution is 7.14. The van der Waals surface area contributed by atoms with Crippen LogP contribution >= 0.6 is 22.9 Å². The van der Waals surface area contributed by atoms with Gasteiger partial charge in [-0.2, -0.15) is 0 Å². The van der Waals surface area contributed by atoms with Crippen molar-refractivity contribution in [1.29, 1.82) is 0 Å². The van der Waals surface area contributed by atoms with Crippen molar-refractivity contribution >= 4 is 22.9 Å². The zero-order chi connectivity index (χ0) is 10.0. The van der Waals surface area contributed by atoms with Crippen molar-refractivity contribution in [3.05, 3.63) is 21.3 Å². The van der Waals surface area contributed by atoms with Crippen LogP contribution in [-0.4, -0.2) is 23.8 Å². The van der Waals surface area contributed by atoms with E-state index in [1.54, 1.807) is 0 Å². The second kappa shape index (κ2) is 4.19. The molecule has 78 valence electrons. The fraction of sp³-hybridized carbons (Fsp3) is 0.600. The van der Waals surface area contributed by atoms with Gasteiger partial charge >= 0.3 is 0 Å². The Morgan fingerprint density at radius 2 is 2.50 bits per heavy atom. The maximum atomic E-state index is 10.2. The summed E-state index contributed by atoms with van der Waals surface area (Å²) in [7, 11) is 0. The van der Waals surface area contributed by atoms with Crippen molar-refractivity contribution in [2.75, 3.05) is 13.1 Å². The monoisotopic (exact) mass is 231 g/mol. The van der Waals surface area contributed by atoms with Crippen molar-refractivity contribution in [2.24, 2.45) is 0 Å². The molecule has 2 N–H and O–H groups in total. The minimum absolute atomic E-state index is 0.567. The maximum Gasteiger partial charge on any atom is 0.0931 e. The lowest BCUT2D eigenvalue weighted by Crippen LogP contribution is -2.47. The number of rotatable bonds is 2. The molecule has 0 amide bonds. The number of hydrogen-bond acceptors (Lipinski definition) is 3. The quantitative estimate of drug-likeness (QED) is 0.817. The molecule has 2 heterocycles. The van der Waals surface area contributed by atoms with Crippen molar-refractivity contribution in [1.82, 2.24) is 5.32 Å². The third-order valence-electron chi connectivity index (χ3n) is 2.60. The number of aliphatic hydroxyl groups is 1. The number of halogens is 1. The van der Waals surface area contributed by atoms with Crippen LogP contribution in [0.25, 0.3) is 0 Å². The van der Waals surface area contributed by atoms with Gasteiger partial charge in [0.05, 0.1) is 9.94 Å². The second-order valence-electron chi connectivity index (χ2n) is 3.94. The highest BCUT2D eigenvalue weighted by atomic mass is 35.5. The van der Waals surface area contributed by atoms with Gasteiger partial charge in [-0.15, -0.1) is 11.3 Å². The van der Waals surface area contributed by atoms with Gasteiger partial charge in [-0.3, -0.25) is 0 Å². The fourth-order valence-electron chi connectivity index (χ4n) is 1.92. The van der Waals surface area contributed by atoms with Crippen LogP contribution in [0.3, 0.4) is 0 Å². The standard InChI is InChI=1S/C10H14ClNOS/c11-9-4-8(6-14-9)5-10(13)2-1-3-12-7-10/h4,6,12-13H,1-3,5,7H2. The van der Waals surface area contributed by atoms with E-state index in [0.29, 0.717) is 13.0 Å². The summed E-state index contributed by atoms with van der Waals surface area (Å²) >= 11 is 7.37. The molecule has 2 nitrogen and oxygen atoms in total. The van der Waals surface area contributed by atoms with E-state index in [-0.39, 0.29) is 0 Å². The molecule has 0 spiro atoms. The molecule has 1 saturated heterocycles. The molecule has 0 radical (unpaired) electrons. The molecule has 1 aliphatic rings. The molecule has 0 bridgehead atoms. The summed E-state index contributed by atoms with van der Waals surface area (Å²) in [6, 6.07) is 1.94. The Hall–Kier alpha value is -0.0900. The second-order valence-corrected chi connectivity index (χ2v) is 5.48. The first-order valence-electron chi connectivity index (χ1n) is 4.84. The van der Waals surface area contributed by atoms with E-state index >= 15 is 0 Å². The summed E-state index contributed by atoms with van der Waals surface area (Å²) < 4.78 is 0.798. The van der Waals surface area contributed by atoms with Crippen LogP contribution in [0.5, 0.6) is 0 Å². The topological polar surface area (TPSA) is 32.3 Å². The highest BCUT2D eigenvalue weighted by Gasteiger charge is 2.29. The highest BCUT2D eigenvalue weighted by Crippen LogP contribution is 2.26. The lowest BCUT2D eigenvalue weighted by atomic mass is 9.88. The van der Waals surface area contributed by atoms with E-state index in [4.69, 9.17) is 11.6 Å².